The number of hydrogen-bond acceptors (Lipinski definition) is 1. The summed E-state index contributed by atoms with van der Waals surface area (Å²) in [6, 6.07) is 0. The van der Waals surface area contributed by atoms with Gasteiger partial charge in [-0.05, 0) is 37.5 Å². The Hall–Kier alpha value is -0.330. The summed E-state index contributed by atoms with van der Waals surface area (Å²) >= 11 is 0. The summed E-state index contributed by atoms with van der Waals surface area (Å²) in [5.41, 5.74) is 0. The Morgan fingerprint density at radius 2 is 1.71 bits per heavy atom. The molecule has 0 aromatic heterocycles. The normalized spacial score (nSPS) is 27.1. The van der Waals surface area contributed by atoms with Gasteiger partial charge in [-0.2, -0.15) is 0 Å². The van der Waals surface area contributed by atoms with E-state index >= 15 is 0 Å². The molecule has 1 atom stereocenters. The zero-order chi connectivity index (χ0) is 12.8. The van der Waals surface area contributed by atoms with Crippen LogP contribution in [0.25, 0.3) is 0 Å². The van der Waals surface area contributed by atoms with Crippen LogP contribution in [0.3, 0.4) is 0 Å². The predicted molar refractivity (Wildman–Crippen MR) is 74.0 cm³/mol. The first-order chi connectivity index (χ1) is 8.04. The molecule has 0 aromatic rings. The summed E-state index contributed by atoms with van der Waals surface area (Å²) in [6.45, 7) is 8.71. The summed E-state index contributed by atoms with van der Waals surface area (Å²) < 4.78 is 0. The van der Waals surface area contributed by atoms with E-state index in [1.165, 1.54) is 32.1 Å². The van der Waals surface area contributed by atoms with Crippen LogP contribution in [0, 0.1) is 23.7 Å². The SMILES string of the molecule is CCC(C)CCC1CCC(C(=O)C(C)C)CC1. The van der Waals surface area contributed by atoms with Crippen molar-refractivity contribution in [2.75, 3.05) is 0 Å². The molecule has 1 saturated carbocycles. The summed E-state index contributed by atoms with van der Waals surface area (Å²) in [6.07, 6.45) is 8.96. The molecule has 1 nitrogen and oxygen atoms in total. The van der Waals surface area contributed by atoms with E-state index in [9.17, 15) is 4.79 Å². The summed E-state index contributed by atoms with van der Waals surface area (Å²) in [7, 11) is 0. The molecule has 1 unspecified atom stereocenters. The highest BCUT2D eigenvalue weighted by molar-refractivity contribution is 5.82. The second kappa shape index (κ2) is 7.18. The molecule has 1 rings (SSSR count). The highest BCUT2D eigenvalue weighted by atomic mass is 16.1. The maximum absolute atomic E-state index is 11.9. The van der Waals surface area contributed by atoms with Gasteiger partial charge in [0.1, 0.15) is 5.78 Å². The summed E-state index contributed by atoms with van der Waals surface area (Å²) in [5.74, 6) is 2.90. The Balaban J connectivity index is 2.24. The zero-order valence-corrected chi connectivity index (χ0v) is 12.2. The minimum Gasteiger partial charge on any atom is -0.299 e. The zero-order valence-electron chi connectivity index (χ0n) is 12.2. The van der Waals surface area contributed by atoms with E-state index in [4.69, 9.17) is 0 Å². The van der Waals surface area contributed by atoms with E-state index in [0.29, 0.717) is 11.7 Å². The van der Waals surface area contributed by atoms with Crippen LogP contribution in [0.2, 0.25) is 0 Å². The van der Waals surface area contributed by atoms with Crippen LogP contribution in [0.4, 0.5) is 0 Å². The lowest BCUT2D eigenvalue weighted by Gasteiger charge is -2.29. The van der Waals surface area contributed by atoms with Crippen molar-refractivity contribution in [2.24, 2.45) is 23.7 Å². The van der Waals surface area contributed by atoms with Gasteiger partial charge in [0, 0.05) is 11.8 Å². The van der Waals surface area contributed by atoms with Crippen molar-refractivity contribution in [1.29, 1.82) is 0 Å². The third-order valence-corrected chi connectivity index (χ3v) is 4.58. The third kappa shape index (κ3) is 4.81. The molecule has 1 fully saturated rings. The molecular formula is C16H30O. The van der Waals surface area contributed by atoms with Crippen molar-refractivity contribution < 1.29 is 4.79 Å². The molecule has 0 saturated heterocycles. The second-order valence-corrected chi connectivity index (χ2v) is 6.37. The van der Waals surface area contributed by atoms with E-state index < -0.39 is 0 Å². The quantitative estimate of drug-likeness (QED) is 0.647. The molecule has 1 aliphatic rings. The van der Waals surface area contributed by atoms with Crippen molar-refractivity contribution in [2.45, 2.75) is 72.6 Å². The molecule has 0 aliphatic heterocycles. The number of ketones is 1. The van der Waals surface area contributed by atoms with E-state index in [1.807, 2.05) is 13.8 Å². The van der Waals surface area contributed by atoms with Crippen LogP contribution in [0.1, 0.15) is 72.6 Å². The van der Waals surface area contributed by atoms with Gasteiger partial charge in [-0.25, -0.2) is 0 Å². The van der Waals surface area contributed by atoms with E-state index in [-0.39, 0.29) is 5.92 Å². The Labute approximate surface area is 107 Å². The molecule has 0 radical (unpaired) electrons. The first-order valence-corrected chi connectivity index (χ1v) is 7.58. The maximum atomic E-state index is 11.9. The maximum Gasteiger partial charge on any atom is 0.138 e. The lowest BCUT2D eigenvalue weighted by Crippen LogP contribution is -2.25. The van der Waals surface area contributed by atoms with Crippen LogP contribution in [0.5, 0.6) is 0 Å². The van der Waals surface area contributed by atoms with Crippen LogP contribution < -0.4 is 0 Å². The Bertz CT molecular complexity index is 224. The largest absolute Gasteiger partial charge is 0.299 e. The average Bonchev–Trinajstić information content (AvgIpc) is 2.35. The fourth-order valence-corrected chi connectivity index (χ4v) is 2.93. The van der Waals surface area contributed by atoms with E-state index in [0.717, 1.165) is 24.7 Å². The van der Waals surface area contributed by atoms with Crippen LogP contribution in [0.15, 0.2) is 0 Å². The highest BCUT2D eigenvalue weighted by Gasteiger charge is 2.27. The molecular weight excluding hydrogens is 208 g/mol. The Morgan fingerprint density at radius 1 is 1.12 bits per heavy atom. The topological polar surface area (TPSA) is 17.1 Å². The van der Waals surface area contributed by atoms with Gasteiger partial charge in [0.2, 0.25) is 0 Å². The first-order valence-electron chi connectivity index (χ1n) is 7.58. The Kier molecular flexibility index (Phi) is 6.22. The summed E-state index contributed by atoms with van der Waals surface area (Å²) in [5, 5.41) is 0. The number of Topliss-reactive ketones (excluding diaryl/α,β-unsaturated/α-hetero) is 1. The molecule has 0 N–H and O–H groups in total. The fourth-order valence-electron chi connectivity index (χ4n) is 2.93. The fraction of sp³-hybridized carbons (Fsp3) is 0.938. The summed E-state index contributed by atoms with van der Waals surface area (Å²) in [4.78, 5) is 11.9. The van der Waals surface area contributed by atoms with Crippen LogP contribution in [-0.4, -0.2) is 5.78 Å². The van der Waals surface area contributed by atoms with E-state index in [2.05, 4.69) is 13.8 Å². The van der Waals surface area contributed by atoms with Crippen molar-refractivity contribution in [3.05, 3.63) is 0 Å². The molecule has 17 heavy (non-hydrogen) atoms. The van der Waals surface area contributed by atoms with Crippen molar-refractivity contribution >= 4 is 5.78 Å². The standard InChI is InChI=1S/C16H30O/c1-5-13(4)6-7-14-8-10-15(11-9-14)16(17)12(2)3/h12-15H,5-11H2,1-4H3. The van der Waals surface area contributed by atoms with Crippen molar-refractivity contribution in [3.63, 3.8) is 0 Å². The van der Waals surface area contributed by atoms with Gasteiger partial charge >= 0.3 is 0 Å². The first kappa shape index (κ1) is 14.7. The van der Waals surface area contributed by atoms with Gasteiger partial charge in [-0.15, -0.1) is 0 Å². The molecule has 1 aliphatic carbocycles. The monoisotopic (exact) mass is 238 g/mol. The molecule has 1 heteroatoms. The molecule has 100 valence electrons. The third-order valence-electron chi connectivity index (χ3n) is 4.58. The van der Waals surface area contributed by atoms with Gasteiger partial charge in [0.05, 0.1) is 0 Å². The lowest BCUT2D eigenvalue weighted by molar-refractivity contribution is -0.127. The lowest BCUT2D eigenvalue weighted by atomic mass is 9.76. The number of carbonyl (C=O) groups excluding carboxylic acids is 1. The number of rotatable bonds is 6. The molecule has 0 heterocycles. The van der Waals surface area contributed by atoms with Crippen LogP contribution in [-0.2, 0) is 4.79 Å². The Morgan fingerprint density at radius 3 is 2.18 bits per heavy atom. The van der Waals surface area contributed by atoms with Gasteiger partial charge in [0.15, 0.2) is 0 Å². The highest BCUT2D eigenvalue weighted by Crippen LogP contribution is 2.34. The van der Waals surface area contributed by atoms with Gasteiger partial charge in [0.25, 0.3) is 0 Å². The predicted octanol–water partition coefficient (Wildman–Crippen LogP) is 4.84. The van der Waals surface area contributed by atoms with Gasteiger partial charge in [-0.3, -0.25) is 4.79 Å². The number of hydrogen-bond donors (Lipinski definition) is 0. The minimum absolute atomic E-state index is 0.233. The molecule has 0 aromatic carbocycles. The average molecular weight is 238 g/mol. The smallest absolute Gasteiger partial charge is 0.138 e. The van der Waals surface area contributed by atoms with Gasteiger partial charge in [-0.1, -0.05) is 47.0 Å². The molecule has 0 amide bonds. The van der Waals surface area contributed by atoms with Crippen LogP contribution >= 0.6 is 0 Å². The van der Waals surface area contributed by atoms with Crippen molar-refractivity contribution in [1.82, 2.24) is 0 Å². The van der Waals surface area contributed by atoms with E-state index in [1.54, 1.807) is 0 Å². The number of carbonyl (C=O) groups is 1. The molecule has 0 spiro atoms. The van der Waals surface area contributed by atoms with Gasteiger partial charge < -0.3 is 0 Å². The second-order valence-electron chi connectivity index (χ2n) is 6.37. The minimum atomic E-state index is 0.233. The molecule has 0 bridgehead atoms. The van der Waals surface area contributed by atoms with Crippen molar-refractivity contribution in [3.8, 4) is 0 Å².